The van der Waals surface area contributed by atoms with Crippen molar-refractivity contribution >= 4 is 23.1 Å². The average molecular weight is 320 g/mol. The normalized spacial score (nSPS) is 10.5. The molecule has 0 bridgehead atoms. The number of nitrogens with two attached hydrogens (primary N) is 1. The van der Waals surface area contributed by atoms with Crippen molar-refractivity contribution in [3.05, 3.63) is 18.2 Å². The average Bonchev–Trinajstić information content (AvgIpc) is 2.50. The van der Waals surface area contributed by atoms with Gasteiger partial charge in [0.15, 0.2) is 0 Å². The highest BCUT2D eigenvalue weighted by Crippen LogP contribution is 2.23. The molecule has 0 atom stereocenters. The van der Waals surface area contributed by atoms with Gasteiger partial charge in [0.05, 0.1) is 17.8 Å². The van der Waals surface area contributed by atoms with E-state index in [0.717, 1.165) is 19.3 Å². The lowest BCUT2D eigenvalue weighted by molar-refractivity contribution is -0.125. The maximum absolute atomic E-state index is 11.8. The molecule has 128 valence electrons. The van der Waals surface area contributed by atoms with Crippen LogP contribution in [-0.2, 0) is 9.59 Å². The van der Waals surface area contributed by atoms with Crippen LogP contribution in [0.25, 0.3) is 0 Å². The molecule has 5 heteroatoms. The maximum Gasteiger partial charge on any atom is 0.231 e. The predicted molar refractivity (Wildman–Crippen MR) is 93.4 cm³/mol. The molecule has 1 rings (SSSR count). The first-order valence-corrected chi connectivity index (χ1v) is 8.43. The highest BCUT2D eigenvalue weighted by Gasteiger charge is 2.11. The van der Waals surface area contributed by atoms with Crippen LogP contribution >= 0.6 is 0 Å². The summed E-state index contributed by atoms with van der Waals surface area (Å²) in [5.74, 6) is -0.436. The van der Waals surface area contributed by atoms with Gasteiger partial charge in [-0.05, 0) is 18.6 Å². The Kier molecular flexibility index (Phi) is 8.80. The fourth-order valence-electron chi connectivity index (χ4n) is 2.39. The van der Waals surface area contributed by atoms with Crippen molar-refractivity contribution in [2.45, 2.75) is 64.7 Å². The van der Waals surface area contributed by atoms with Gasteiger partial charge in [0.2, 0.25) is 5.91 Å². The fourth-order valence-corrected chi connectivity index (χ4v) is 2.39. The van der Waals surface area contributed by atoms with Crippen molar-refractivity contribution in [1.29, 1.82) is 0 Å². The number of rotatable bonds is 11. The fraction of sp³-hybridized carbons (Fsp3) is 0.556. The molecule has 23 heavy (non-hydrogen) atoms. The van der Waals surface area contributed by atoms with Gasteiger partial charge in [-0.2, -0.15) is 0 Å². The summed E-state index contributed by atoms with van der Waals surface area (Å²) in [6, 6.07) is 4.32. The van der Waals surface area contributed by atoms with E-state index < -0.39 is 5.91 Å². The van der Waals surface area contributed by atoms with Crippen LogP contribution < -0.4 is 11.1 Å². The quantitative estimate of drug-likeness (QED) is 0.248. The van der Waals surface area contributed by atoms with Gasteiger partial charge in [0.1, 0.15) is 11.5 Å². The first-order valence-electron chi connectivity index (χ1n) is 8.43. The van der Waals surface area contributed by atoms with Crippen LogP contribution in [0.3, 0.4) is 0 Å². The number of nitrogen functional groups attached to an aromatic ring is 1. The van der Waals surface area contributed by atoms with Gasteiger partial charge >= 0.3 is 0 Å². The van der Waals surface area contributed by atoms with Gasteiger partial charge in [0, 0.05) is 12.5 Å². The minimum absolute atomic E-state index is 0.0175. The van der Waals surface area contributed by atoms with Crippen molar-refractivity contribution in [3.8, 4) is 5.75 Å². The van der Waals surface area contributed by atoms with E-state index in [2.05, 4.69) is 12.2 Å². The van der Waals surface area contributed by atoms with Crippen molar-refractivity contribution in [1.82, 2.24) is 0 Å². The summed E-state index contributed by atoms with van der Waals surface area (Å²) >= 11 is 0. The molecule has 1 aromatic carbocycles. The largest absolute Gasteiger partial charge is 0.508 e. The molecule has 1 amide bonds. The van der Waals surface area contributed by atoms with Gasteiger partial charge < -0.3 is 16.2 Å². The topological polar surface area (TPSA) is 92.4 Å². The molecule has 0 radical (unpaired) electrons. The number of anilines is 2. The van der Waals surface area contributed by atoms with E-state index in [1.54, 1.807) is 0 Å². The number of phenols is 1. The molecule has 0 saturated carbocycles. The van der Waals surface area contributed by atoms with E-state index in [-0.39, 0.29) is 18.0 Å². The molecule has 4 N–H and O–H groups in total. The molecule has 0 spiro atoms. The SMILES string of the molecule is CCCCCCCCCC(=O)CC(=O)Nc1cc(O)ccc1N. The Balaban J connectivity index is 2.21. The molecule has 0 aromatic heterocycles. The smallest absolute Gasteiger partial charge is 0.231 e. The Bertz CT molecular complexity index is 515. The van der Waals surface area contributed by atoms with Gasteiger partial charge in [-0.25, -0.2) is 0 Å². The second-order valence-electron chi connectivity index (χ2n) is 5.91. The van der Waals surface area contributed by atoms with E-state index >= 15 is 0 Å². The molecule has 0 heterocycles. The Labute approximate surface area is 138 Å². The van der Waals surface area contributed by atoms with Crippen molar-refractivity contribution in [2.75, 3.05) is 11.1 Å². The van der Waals surface area contributed by atoms with Crippen LogP contribution in [0.1, 0.15) is 64.7 Å². The van der Waals surface area contributed by atoms with Crippen LogP contribution in [0.2, 0.25) is 0 Å². The minimum Gasteiger partial charge on any atom is -0.508 e. The van der Waals surface area contributed by atoms with E-state index in [1.807, 2.05) is 0 Å². The standard InChI is InChI=1S/C18H28N2O3/c1-2-3-4-5-6-7-8-9-14(21)13-18(23)20-17-12-15(22)10-11-16(17)19/h10-12,22H,2-9,13,19H2,1H3,(H,20,23). The number of carbonyl (C=O) groups excluding carboxylic acids is 2. The summed E-state index contributed by atoms with van der Waals surface area (Å²) < 4.78 is 0. The van der Waals surface area contributed by atoms with Gasteiger partial charge in [-0.3, -0.25) is 9.59 Å². The van der Waals surface area contributed by atoms with E-state index in [4.69, 9.17) is 5.73 Å². The molecular formula is C18H28N2O3. The lowest BCUT2D eigenvalue weighted by Gasteiger charge is -2.08. The van der Waals surface area contributed by atoms with Crippen LogP contribution in [0, 0.1) is 0 Å². The molecule has 0 aliphatic carbocycles. The Morgan fingerprint density at radius 2 is 1.74 bits per heavy atom. The number of nitrogens with one attached hydrogen (secondary N) is 1. The highest BCUT2D eigenvalue weighted by molar-refractivity contribution is 6.05. The molecular weight excluding hydrogens is 292 g/mol. The molecule has 5 nitrogen and oxygen atoms in total. The summed E-state index contributed by atoms with van der Waals surface area (Å²) in [4.78, 5) is 23.6. The van der Waals surface area contributed by atoms with Gasteiger partial charge in [0.25, 0.3) is 0 Å². The summed E-state index contributed by atoms with van der Waals surface area (Å²) in [7, 11) is 0. The van der Waals surface area contributed by atoms with E-state index in [0.29, 0.717) is 17.8 Å². The van der Waals surface area contributed by atoms with E-state index in [1.165, 1.54) is 43.9 Å². The lowest BCUT2D eigenvalue weighted by atomic mass is 10.1. The van der Waals surface area contributed by atoms with Crippen LogP contribution in [-0.4, -0.2) is 16.8 Å². The third kappa shape index (κ3) is 8.24. The van der Waals surface area contributed by atoms with Crippen molar-refractivity contribution in [2.24, 2.45) is 0 Å². The zero-order valence-corrected chi connectivity index (χ0v) is 13.9. The van der Waals surface area contributed by atoms with Crippen LogP contribution in [0.5, 0.6) is 5.75 Å². The number of hydrogen-bond donors (Lipinski definition) is 3. The number of ketones is 1. The third-order valence-electron chi connectivity index (χ3n) is 3.73. The van der Waals surface area contributed by atoms with Crippen LogP contribution in [0.4, 0.5) is 11.4 Å². The van der Waals surface area contributed by atoms with Crippen LogP contribution in [0.15, 0.2) is 18.2 Å². The second kappa shape index (κ2) is 10.6. The number of benzene rings is 1. The second-order valence-corrected chi connectivity index (χ2v) is 5.91. The van der Waals surface area contributed by atoms with Crippen molar-refractivity contribution in [3.63, 3.8) is 0 Å². The van der Waals surface area contributed by atoms with Gasteiger partial charge in [-0.1, -0.05) is 45.4 Å². The predicted octanol–water partition coefficient (Wildman–Crippen LogP) is 4.01. The summed E-state index contributed by atoms with van der Waals surface area (Å²) in [6.45, 7) is 2.19. The summed E-state index contributed by atoms with van der Waals surface area (Å²) in [5.41, 5.74) is 6.40. The number of amides is 1. The Morgan fingerprint density at radius 1 is 1.09 bits per heavy atom. The number of unbranched alkanes of at least 4 members (excludes halogenated alkanes) is 6. The zero-order valence-electron chi connectivity index (χ0n) is 13.9. The summed E-state index contributed by atoms with van der Waals surface area (Å²) in [5, 5.41) is 11.9. The van der Waals surface area contributed by atoms with E-state index in [9.17, 15) is 14.7 Å². The third-order valence-corrected chi connectivity index (χ3v) is 3.73. The molecule has 0 unspecified atom stereocenters. The molecule has 0 aliphatic rings. The number of aromatic hydroxyl groups is 1. The molecule has 0 aliphatic heterocycles. The van der Waals surface area contributed by atoms with Gasteiger partial charge in [-0.15, -0.1) is 0 Å². The minimum atomic E-state index is -0.393. The monoisotopic (exact) mass is 320 g/mol. The number of carbonyl (C=O) groups is 2. The lowest BCUT2D eigenvalue weighted by Crippen LogP contribution is -2.17. The first kappa shape index (κ1) is 19.0. The summed E-state index contributed by atoms with van der Waals surface area (Å²) in [6.07, 6.45) is 8.32. The highest BCUT2D eigenvalue weighted by atomic mass is 16.3. The zero-order chi connectivity index (χ0) is 17.1. The Morgan fingerprint density at radius 3 is 2.43 bits per heavy atom. The number of hydrogen-bond acceptors (Lipinski definition) is 4. The molecule has 0 fully saturated rings. The number of Topliss-reactive ketones (excluding diaryl/α,β-unsaturated/α-hetero) is 1. The molecule has 0 saturated heterocycles. The van der Waals surface area contributed by atoms with Crippen molar-refractivity contribution < 1.29 is 14.7 Å². The maximum atomic E-state index is 11.8. The Hall–Kier alpha value is -2.04. The first-order chi connectivity index (χ1) is 11.0. The molecule has 1 aromatic rings. The number of phenolic OH excluding ortho intramolecular Hbond substituents is 1.